The minimum atomic E-state index is -0.0252. The Balaban J connectivity index is 1.19. The van der Waals surface area contributed by atoms with Gasteiger partial charge in [-0.25, -0.2) is 0 Å². The molecule has 0 aromatic carbocycles. The summed E-state index contributed by atoms with van der Waals surface area (Å²) in [7, 11) is 0. The molecule has 0 amide bonds. The minimum Gasteiger partial charge on any atom is -0.375 e. The van der Waals surface area contributed by atoms with Gasteiger partial charge in [0.2, 0.25) is 0 Å². The van der Waals surface area contributed by atoms with E-state index in [1.165, 1.54) is 64.7 Å². The maximum atomic E-state index is 6.44. The molecule has 0 aromatic heterocycles. The zero-order chi connectivity index (χ0) is 20.9. The van der Waals surface area contributed by atoms with Crippen LogP contribution in [-0.4, -0.2) is 71.0 Å². The molecule has 0 aromatic rings. The largest absolute Gasteiger partial charge is 0.375 e. The average molecular weight is 407 g/mol. The first-order valence-electron chi connectivity index (χ1n) is 12.4. The van der Waals surface area contributed by atoms with E-state index in [0.29, 0.717) is 29.4 Å². The van der Waals surface area contributed by atoms with Crippen LogP contribution in [0.4, 0.5) is 0 Å². The van der Waals surface area contributed by atoms with Gasteiger partial charge in [-0.1, -0.05) is 0 Å². The number of likely N-dealkylation sites (tertiary alicyclic amines) is 2. The summed E-state index contributed by atoms with van der Waals surface area (Å²) in [5.74, 6) is 0.917. The van der Waals surface area contributed by atoms with Crippen molar-refractivity contribution < 1.29 is 9.47 Å². The molecule has 0 atom stereocenters. The third kappa shape index (κ3) is 5.19. The van der Waals surface area contributed by atoms with E-state index in [4.69, 9.17) is 9.47 Å². The van der Waals surface area contributed by atoms with Gasteiger partial charge in [0.25, 0.3) is 0 Å². The van der Waals surface area contributed by atoms with Crippen molar-refractivity contribution in [2.75, 3.05) is 26.2 Å². The van der Waals surface area contributed by atoms with Gasteiger partial charge in [0.05, 0.1) is 23.9 Å². The fraction of sp³-hybridized carbons (Fsp3) is 1.00. The highest BCUT2D eigenvalue weighted by atomic mass is 16.5. The zero-order valence-corrected chi connectivity index (χ0v) is 20.0. The van der Waals surface area contributed by atoms with E-state index >= 15 is 0 Å². The number of nitrogens with zero attached hydrogens (tertiary/aromatic N) is 2. The van der Waals surface area contributed by atoms with Gasteiger partial charge in [0.15, 0.2) is 0 Å². The predicted molar refractivity (Wildman–Crippen MR) is 119 cm³/mol. The smallest absolute Gasteiger partial charge is 0.0631 e. The van der Waals surface area contributed by atoms with Crippen molar-refractivity contribution in [3.05, 3.63) is 0 Å². The van der Waals surface area contributed by atoms with Crippen molar-refractivity contribution in [2.24, 2.45) is 5.92 Å². The number of ether oxygens (including phenoxy) is 2. The van der Waals surface area contributed by atoms with Gasteiger partial charge >= 0.3 is 0 Å². The molecular formula is C25H46N2O2. The molecule has 2 aliphatic carbocycles. The van der Waals surface area contributed by atoms with Gasteiger partial charge in [0.1, 0.15) is 0 Å². The SMILES string of the molecule is CC(C)(C)OC1CC(OC2CCN(C3(C4CCN(C(C)(C)C)CC4)CC3)CC2)C1. The van der Waals surface area contributed by atoms with Crippen LogP contribution < -0.4 is 0 Å². The number of rotatable bonds is 5. The highest BCUT2D eigenvalue weighted by Crippen LogP contribution is 2.52. The van der Waals surface area contributed by atoms with E-state index in [0.717, 1.165) is 18.8 Å². The Bertz CT molecular complexity index is 538. The normalized spacial score (nSPS) is 32.9. The Labute approximate surface area is 179 Å². The maximum Gasteiger partial charge on any atom is 0.0631 e. The third-order valence-corrected chi connectivity index (χ3v) is 7.99. The van der Waals surface area contributed by atoms with E-state index in [1.54, 1.807) is 0 Å². The lowest BCUT2D eigenvalue weighted by atomic mass is 9.83. The Kier molecular flexibility index (Phi) is 6.14. The summed E-state index contributed by atoms with van der Waals surface area (Å²) >= 11 is 0. The second-order valence-corrected chi connectivity index (χ2v) is 12.3. The Morgan fingerprint density at radius 1 is 0.724 bits per heavy atom. The van der Waals surface area contributed by atoms with Crippen molar-refractivity contribution in [1.82, 2.24) is 9.80 Å². The lowest BCUT2D eigenvalue weighted by Crippen LogP contribution is -2.53. The highest BCUT2D eigenvalue weighted by molar-refractivity contribution is 5.10. The fourth-order valence-electron chi connectivity index (χ4n) is 6.13. The molecule has 4 heteroatoms. The summed E-state index contributed by atoms with van der Waals surface area (Å²) in [5.41, 5.74) is 0.857. The molecule has 4 aliphatic rings. The zero-order valence-electron chi connectivity index (χ0n) is 20.0. The van der Waals surface area contributed by atoms with E-state index in [9.17, 15) is 0 Å². The van der Waals surface area contributed by atoms with Crippen LogP contribution in [0.1, 0.15) is 92.9 Å². The monoisotopic (exact) mass is 406 g/mol. The van der Waals surface area contributed by atoms with Gasteiger partial charge in [-0.05, 0) is 112 Å². The van der Waals surface area contributed by atoms with Crippen LogP contribution in [-0.2, 0) is 9.47 Å². The summed E-state index contributed by atoms with van der Waals surface area (Å²) < 4.78 is 12.5. The number of hydrogen-bond acceptors (Lipinski definition) is 4. The molecule has 0 bridgehead atoms. The Hall–Kier alpha value is -0.160. The van der Waals surface area contributed by atoms with Gasteiger partial charge < -0.3 is 9.47 Å². The molecule has 0 unspecified atom stereocenters. The lowest BCUT2D eigenvalue weighted by molar-refractivity contribution is -0.169. The van der Waals surface area contributed by atoms with Gasteiger partial charge in [0, 0.05) is 24.2 Å². The molecule has 0 radical (unpaired) electrons. The van der Waals surface area contributed by atoms with Crippen LogP contribution in [0.2, 0.25) is 0 Å². The lowest BCUT2D eigenvalue weighted by Gasteiger charge is -2.47. The molecule has 29 heavy (non-hydrogen) atoms. The quantitative estimate of drug-likeness (QED) is 0.651. The van der Waals surface area contributed by atoms with E-state index in [-0.39, 0.29) is 5.60 Å². The molecule has 0 spiro atoms. The maximum absolute atomic E-state index is 6.44. The molecule has 2 aliphatic heterocycles. The second-order valence-electron chi connectivity index (χ2n) is 12.3. The van der Waals surface area contributed by atoms with Crippen LogP contribution >= 0.6 is 0 Å². The number of piperidine rings is 2. The van der Waals surface area contributed by atoms with Crippen LogP contribution in [0.15, 0.2) is 0 Å². The standard InChI is InChI=1S/C25H46N2O2/c1-23(2,3)26-13-7-19(8-14-26)25(11-12-25)27-15-9-20(10-16-27)28-21-17-22(18-21)29-24(4,5)6/h19-22H,7-18H2,1-6H3. The topological polar surface area (TPSA) is 24.9 Å². The van der Waals surface area contributed by atoms with E-state index in [2.05, 4.69) is 51.3 Å². The van der Waals surface area contributed by atoms with Crippen molar-refractivity contribution >= 4 is 0 Å². The van der Waals surface area contributed by atoms with Crippen molar-refractivity contribution in [3.8, 4) is 0 Å². The van der Waals surface area contributed by atoms with E-state index in [1.807, 2.05) is 0 Å². The molecule has 168 valence electrons. The summed E-state index contributed by atoms with van der Waals surface area (Å²) in [6.07, 6.45) is 11.6. The van der Waals surface area contributed by atoms with Crippen LogP contribution in [0.25, 0.3) is 0 Å². The molecule has 4 fully saturated rings. The first kappa shape index (κ1) is 22.0. The molecule has 0 N–H and O–H groups in total. The third-order valence-electron chi connectivity index (χ3n) is 7.99. The average Bonchev–Trinajstić information content (AvgIpc) is 3.41. The van der Waals surface area contributed by atoms with Crippen LogP contribution in [0, 0.1) is 5.92 Å². The second kappa shape index (κ2) is 8.07. The molecule has 2 saturated heterocycles. The molecular weight excluding hydrogens is 360 g/mol. The molecule has 4 rings (SSSR count). The summed E-state index contributed by atoms with van der Waals surface area (Å²) in [4.78, 5) is 5.56. The van der Waals surface area contributed by atoms with Gasteiger partial charge in [-0.2, -0.15) is 0 Å². The van der Waals surface area contributed by atoms with Gasteiger partial charge in [-0.15, -0.1) is 0 Å². The first-order valence-corrected chi connectivity index (χ1v) is 12.4. The first-order chi connectivity index (χ1) is 13.6. The molecule has 4 nitrogen and oxygen atoms in total. The van der Waals surface area contributed by atoms with Crippen molar-refractivity contribution in [3.63, 3.8) is 0 Å². The fourth-order valence-corrected chi connectivity index (χ4v) is 6.13. The minimum absolute atomic E-state index is 0.0252. The van der Waals surface area contributed by atoms with Gasteiger partial charge in [-0.3, -0.25) is 9.80 Å². The molecule has 2 heterocycles. The number of hydrogen-bond donors (Lipinski definition) is 0. The molecule has 2 saturated carbocycles. The Morgan fingerprint density at radius 2 is 1.31 bits per heavy atom. The summed E-state index contributed by atoms with van der Waals surface area (Å²) in [6.45, 7) is 18.6. The van der Waals surface area contributed by atoms with Crippen molar-refractivity contribution in [2.45, 2.75) is 128 Å². The van der Waals surface area contributed by atoms with E-state index < -0.39 is 0 Å². The predicted octanol–water partition coefficient (Wildman–Crippen LogP) is 4.86. The Morgan fingerprint density at radius 3 is 1.79 bits per heavy atom. The summed E-state index contributed by atoms with van der Waals surface area (Å²) in [5, 5.41) is 0. The van der Waals surface area contributed by atoms with Crippen molar-refractivity contribution in [1.29, 1.82) is 0 Å². The highest BCUT2D eigenvalue weighted by Gasteiger charge is 2.54. The van der Waals surface area contributed by atoms with Crippen LogP contribution in [0.5, 0.6) is 0 Å². The summed E-state index contributed by atoms with van der Waals surface area (Å²) in [6, 6.07) is 0. The van der Waals surface area contributed by atoms with Crippen LogP contribution in [0.3, 0.4) is 0 Å².